The second-order valence-corrected chi connectivity index (χ2v) is 9.63. The van der Waals surface area contributed by atoms with Gasteiger partial charge in [0, 0.05) is 51.8 Å². The van der Waals surface area contributed by atoms with E-state index in [1.165, 1.54) is 7.11 Å². The maximum absolute atomic E-state index is 13.3. The maximum Gasteiger partial charge on any atom is 0.249 e. The quantitative estimate of drug-likeness (QED) is 0.640. The molecule has 9 nitrogen and oxygen atoms in total. The standard InChI is InChI=1S/C26H37N3O6/c1-33-19-26(32)29-17-22-5-2-3-7-23(22)35-12-4-6-21-16-28(25(31)18-29)9-8-20(21)15-24(30)27-10-13-34-14-11-27/h2-3,5,7,20-21H,4,6,8-19H2,1H3/t20-,21-/m0/s1. The summed E-state index contributed by atoms with van der Waals surface area (Å²) in [4.78, 5) is 44.3. The highest BCUT2D eigenvalue weighted by atomic mass is 16.5. The van der Waals surface area contributed by atoms with Crippen LogP contribution in [-0.4, -0.2) is 98.7 Å². The van der Waals surface area contributed by atoms with Gasteiger partial charge in [-0.2, -0.15) is 0 Å². The molecule has 1 aromatic rings. The van der Waals surface area contributed by atoms with Crippen molar-refractivity contribution in [2.75, 3.05) is 66.3 Å². The van der Waals surface area contributed by atoms with Gasteiger partial charge < -0.3 is 28.9 Å². The van der Waals surface area contributed by atoms with Crippen molar-refractivity contribution in [3.05, 3.63) is 29.8 Å². The van der Waals surface area contributed by atoms with Gasteiger partial charge in [0.25, 0.3) is 0 Å². The molecule has 1 aromatic carbocycles. The predicted molar refractivity (Wildman–Crippen MR) is 129 cm³/mol. The highest BCUT2D eigenvalue weighted by Crippen LogP contribution is 2.32. The largest absolute Gasteiger partial charge is 0.493 e. The number of hydrogen-bond acceptors (Lipinski definition) is 6. The first-order chi connectivity index (χ1) is 17.0. The molecule has 9 heteroatoms. The lowest BCUT2D eigenvalue weighted by Gasteiger charge is -2.40. The van der Waals surface area contributed by atoms with Gasteiger partial charge in [-0.25, -0.2) is 0 Å². The second kappa shape index (κ2) is 12.4. The van der Waals surface area contributed by atoms with Crippen LogP contribution >= 0.6 is 0 Å². The molecule has 0 aliphatic carbocycles. The summed E-state index contributed by atoms with van der Waals surface area (Å²) in [6, 6.07) is 7.66. The van der Waals surface area contributed by atoms with E-state index in [4.69, 9.17) is 14.2 Å². The van der Waals surface area contributed by atoms with Gasteiger partial charge >= 0.3 is 0 Å². The third-order valence-electron chi connectivity index (χ3n) is 7.30. The highest BCUT2D eigenvalue weighted by molar-refractivity contribution is 5.85. The van der Waals surface area contributed by atoms with Crippen LogP contribution in [0.1, 0.15) is 31.2 Å². The van der Waals surface area contributed by atoms with E-state index >= 15 is 0 Å². The number of fused-ring (bicyclic) bond motifs is 3. The molecule has 0 N–H and O–H groups in total. The molecular formula is C26H37N3O6. The van der Waals surface area contributed by atoms with Gasteiger partial charge in [0.05, 0.1) is 19.8 Å². The second-order valence-electron chi connectivity index (χ2n) is 9.63. The average molecular weight is 488 g/mol. The molecule has 0 spiro atoms. The lowest BCUT2D eigenvalue weighted by atomic mass is 9.80. The molecule has 4 rings (SSSR count). The number of ether oxygens (including phenoxy) is 3. The van der Waals surface area contributed by atoms with Crippen molar-refractivity contribution in [3.8, 4) is 5.75 Å². The molecular weight excluding hydrogens is 450 g/mol. The van der Waals surface area contributed by atoms with Gasteiger partial charge in [-0.1, -0.05) is 18.2 Å². The van der Waals surface area contributed by atoms with Crippen molar-refractivity contribution in [1.82, 2.24) is 14.7 Å². The van der Waals surface area contributed by atoms with Crippen LogP contribution in [-0.2, 0) is 30.4 Å². The molecule has 3 aliphatic rings. The smallest absolute Gasteiger partial charge is 0.249 e. The molecule has 0 saturated carbocycles. The van der Waals surface area contributed by atoms with Crippen LogP contribution < -0.4 is 4.74 Å². The SMILES string of the molecule is COCC(=O)N1CC(=O)N2CC[C@@H](CC(=O)N3CCOCC3)[C@@H](CCCOc3ccccc3C1)C2. The Balaban J connectivity index is 1.49. The van der Waals surface area contributed by atoms with Crippen molar-refractivity contribution in [1.29, 1.82) is 0 Å². The number of para-hydroxylation sites is 1. The van der Waals surface area contributed by atoms with Crippen molar-refractivity contribution in [2.45, 2.75) is 32.2 Å². The van der Waals surface area contributed by atoms with E-state index in [9.17, 15) is 14.4 Å². The van der Waals surface area contributed by atoms with E-state index in [0.29, 0.717) is 52.4 Å². The first-order valence-electron chi connectivity index (χ1n) is 12.7. The van der Waals surface area contributed by atoms with Gasteiger partial charge in [-0.15, -0.1) is 0 Å². The number of rotatable bonds is 4. The van der Waals surface area contributed by atoms with Crippen molar-refractivity contribution in [2.24, 2.45) is 11.8 Å². The summed E-state index contributed by atoms with van der Waals surface area (Å²) in [5.74, 6) is 1.08. The van der Waals surface area contributed by atoms with E-state index < -0.39 is 0 Å². The summed E-state index contributed by atoms with van der Waals surface area (Å²) in [6.45, 7) is 4.48. The molecule has 0 radical (unpaired) electrons. The lowest BCUT2D eigenvalue weighted by molar-refractivity contribution is -0.145. The number of hydrogen-bond donors (Lipinski definition) is 0. The Kier molecular flexibility index (Phi) is 8.98. The van der Waals surface area contributed by atoms with Crippen LogP contribution in [0, 0.1) is 11.8 Å². The lowest BCUT2D eigenvalue weighted by Crippen LogP contribution is -2.50. The molecule has 2 saturated heterocycles. The Bertz CT molecular complexity index is 888. The first-order valence-corrected chi connectivity index (χ1v) is 12.7. The average Bonchev–Trinajstić information content (AvgIpc) is 2.88. The number of methoxy groups -OCH3 is 1. The summed E-state index contributed by atoms with van der Waals surface area (Å²) < 4.78 is 16.6. The Hall–Kier alpha value is -2.65. The third-order valence-corrected chi connectivity index (χ3v) is 7.30. The Morgan fingerprint density at radius 2 is 1.80 bits per heavy atom. The molecule has 0 unspecified atom stereocenters. The van der Waals surface area contributed by atoms with Crippen LogP contribution in [0.25, 0.3) is 0 Å². The number of carbonyl (C=O) groups excluding carboxylic acids is 3. The van der Waals surface area contributed by atoms with E-state index in [0.717, 1.165) is 30.6 Å². The normalized spacial score (nSPS) is 23.9. The van der Waals surface area contributed by atoms with Gasteiger partial charge in [0.1, 0.15) is 18.9 Å². The first kappa shape index (κ1) is 25.4. The summed E-state index contributed by atoms with van der Waals surface area (Å²) in [5.41, 5.74) is 0.871. The fourth-order valence-corrected chi connectivity index (χ4v) is 5.29. The number of amides is 3. The number of carbonyl (C=O) groups is 3. The summed E-state index contributed by atoms with van der Waals surface area (Å²) >= 11 is 0. The summed E-state index contributed by atoms with van der Waals surface area (Å²) in [6.07, 6.45) is 3.03. The zero-order valence-corrected chi connectivity index (χ0v) is 20.7. The van der Waals surface area contributed by atoms with Crippen LogP contribution in [0.3, 0.4) is 0 Å². The van der Waals surface area contributed by atoms with Crippen LogP contribution in [0.5, 0.6) is 5.75 Å². The zero-order chi connectivity index (χ0) is 24.6. The van der Waals surface area contributed by atoms with Gasteiger partial charge in [-0.3, -0.25) is 14.4 Å². The summed E-state index contributed by atoms with van der Waals surface area (Å²) in [7, 11) is 1.48. The minimum absolute atomic E-state index is 0.000618. The number of morpholine rings is 1. The number of benzene rings is 1. The molecule has 35 heavy (non-hydrogen) atoms. The molecule has 2 fully saturated rings. The molecule has 0 aromatic heterocycles. The van der Waals surface area contributed by atoms with Gasteiger partial charge in [-0.05, 0) is 37.2 Å². The predicted octanol–water partition coefficient (Wildman–Crippen LogP) is 1.55. The van der Waals surface area contributed by atoms with E-state index in [2.05, 4.69) is 0 Å². The topological polar surface area (TPSA) is 88.6 Å². The van der Waals surface area contributed by atoms with Gasteiger partial charge in [0.15, 0.2) is 0 Å². The highest BCUT2D eigenvalue weighted by Gasteiger charge is 2.34. The van der Waals surface area contributed by atoms with Crippen LogP contribution in [0.15, 0.2) is 24.3 Å². The van der Waals surface area contributed by atoms with E-state index in [-0.39, 0.29) is 49.3 Å². The van der Waals surface area contributed by atoms with Crippen LogP contribution in [0.4, 0.5) is 0 Å². The Labute approximate surface area is 207 Å². The minimum atomic E-state index is -0.229. The fraction of sp³-hybridized carbons (Fsp3) is 0.654. The molecule has 3 amide bonds. The monoisotopic (exact) mass is 487 g/mol. The van der Waals surface area contributed by atoms with E-state index in [1.54, 1.807) is 4.90 Å². The fourth-order valence-electron chi connectivity index (χ4n) is 5.29. The molecule has 2 bridgehead atoms. The van der Waals surface area contributed by atoms with Crippen LogP contribution in [0.2, 0.25) is 0 Å². The Morgan fingerprint density at radius 1 is 1.00 bits per heavy atom. The molecule has 3 heterocycles. The molecule has 3 aliphatic heterocycles. The Morgan fingerprint density at radius 3 is 2.60 bits per heavy atom. The van der Waals surface area contributed by atoms with Crippen molar-refractivity contribution < 1.29 is 28.6 Å². The minimum Gasteiger partial charge on any atom is -0.493 e. The van der Waals surface area contributed by atoms with Gasteiger partial charge in [0.2, 0.25) is 17.7 Å². The number of nitrogens with zero attached hydrogens (tertiary/aromatic N) is 3. The summed E-state index contributed by atoms with van der Waals surface area (Å²) in [5, 5.41) is 0. The van der Waals surface area contributed by atoms with E-state index in [1.807, 2.05) is 34.1 Å². The molecule has 2 atom stereocenters. The van der Waals surface area contributed by atoms with Crippen molar-refractivity contribution >= 4 is 17.7 Å². The zero-order valence-electron chi connectivity index (χ0n) is 20.7. The number of piperidine rings is 1. The molecule has 192 valence electrons. The van der Waals surface area contributed by atoms with Crippen molar-refractivity contribution in [3.63, 3.8) is 0 Å². The third kappa shape index (κ3) is 6.73. The maximum atomic E-state index is 13.3.